The minimum atomic E-state index is 0.915. The second-order valence-electron chi connectivity index (χ2n) is 2.81. The summed E-state index contributed by atoms with van der Waals surface area (Å²) in [4.78, 5) is 2.13. The summed E-state index contributed by atoms with van der Waals surface area (Å²) in [6.45, 7) is 0. The van der Waals surface area contributed by atoms with Crippen molar-refractivity contribution in [3.8, 4) is 5.75 Å². The van der Waals surface area contributed by atoms with E-state index in [1.54, 1.807) is 18.0 Å². The quantitative estimate of drug-likeness (QED) is 0.622. The van der Waals surface area contributed by atoms with Crippen LogP contribution in [0.25, 0.3) is 0 Å². The Bertz CT molecular complexity index is 411. The molecule has 0 radical (unpaired) electrons. The molecule has 1 aromatic carbocycles. The van der Waals surface area contributed by atoms with Crippen LogP contribution in [0.4, 0.5) is 5.69 Å². The van der Waals surface area contributed by atoms with Crippen LogP contribution in [-0.2, 0) is 0 Å². The molecule has 2 aliphatic heterocycles. The number of fused-ring (bicyclic) bond motifs is 3. The van der Waals surface area contributed by atoms with Crippen LogP contribution >= 0.6 is 11.8 Å². The standard InChI is InChI=1S/C10H7NOS/c1-2-4-9-8(3-1)11-5-6-13-10(11)7-12-9/h1-7H. The van der Waals surface area contributed by atoms with Crippen LogP contribution < -0.4 is 9.64 Å². The molecule has 1 aromatic rings. The van der Waals surface area contributed by atoms with Gasteiger partial charge in [0, 0.05) is 6.20 Å². The van der Waals surface area contributed by atoms with Gasteiger partial charge in [-0.1, -0.05) is 23.9 Å². The highest BCUT2D eigenvalue weighted by Crippen LogP contribution is 2.41. The average molecular weight is 189 g/mol. The van der Waals surface area contributed by atoms with Gasteiger partial charge in [-0.3, -0.25) is 0 Å². The molecular formula is C10H7NOS. The van der Waals surface area contributed by atoms with Gasteiger partial charge in [0.1, 0.15) is 11.3 Å². The highest BCUT2D eigenvalue weighted by atomic mass is 32.2. The highest BCUT2D eigenvalue weighted by molar-refractivity contribution is 8.06. The molecule has 0 saturated carbocycles. The predicted molar refractivity (Wildman–Crippen MR) is 54.4 cm³/mol. The van der Waals surface area contributed by atoms with Crippen LogP contribution in [-0.4, -0.2) is 0 Å². The van der Waals surface area contributed by atoms with E-state index < -0.39 is 0 Å². The summed E-state index contributed by atoms with van der Waals surface area (Å²) >= 11 is 1.67. The van der Waals surface area contributed by atoms with Gasteiger partial charge in [0.25, 0.3) is 0 Å². The Labute approximate surface area is 80.5 Å². The van der Waals surface area contributed by atoms with Crippen molar-refractivity contribution < 1.29 is 4.74 Å². The van der Waals surface area contributed by atoms with Gasteiger partial charge in [-0.25, -0.2) is 0 Å². The molecule has 64 valence electrons. The summed E-state index contributed by atoms with van der Waals surface area (Å²) in [5, 5.41) is 3.18. The molecule has 13 heavy (non-hydrogen) atoms. The number of ether oxygens (including phenoxy) is 1. The molecule has 0 atom stereocenters. The fourth-order valence-electron chi connectivity index (χ4n) is 1.44. The SMILES string of the molecule is C1=CN2C(=COc3ccccc32)S1. The Balaban J connectivity index is 2.17. The van der Waals surface area contributed by atoms with Gasteiger partial charge < -0.3 is 9.64 Å². The molecule has 0 saturated heterocycles. The summed E-state index contributed by atoms with van der Waals surface area (Å²) in [5.74, 6) is 0.915. The molecular weight excluding hydrogens is 182 g/mol. The lowest BCUT2D eigenvalue weighted by atomic mass is 10.2. The minimum absolute atomic E-state index is 0.915. The van der Waals surface area contributed by atoms with Crippen molar-refractivity contribution in [3.05, 3.63) is 47.2 Å². The zero-order chi connectivity index (χ0) is 8.67. The van der Waals surface area contributed by atoms with Gasteiger partial charge in [-0.05, 0) is 17.5 Å². The van der Waals surface area contributed by atoms with Crippen LogP contribution in [0.3, 0.4) is 0 Å². The maximum absolute atomic E-state index is 5.47. The summed E-state index contributed by atoms with van der Waals surface area (Å²) in [5.41, 5.74) is 1.11. The fraction of sp³-hybridized carbons (Fsp3) is 0. The number of rotatable bonds is 0. The summed E-state index contributed by atoms with van der Waals surface area (Å²) in [6.07, 6.45) is 3.84. The van der Waals surface area contributed by atoms with Crippen molar-refractivity contribution in [2.75, 3.05) is 4.90 Å². The van der Waals surface area contributed by atoms with E-state index in [2.05, 4.69) is 22.6 Å². The van der Waals surface area contributed by atoms with E-state index >= 15 is 0 Å². The van der Waals surface area contributed by atoms with Crippen molar-refractivity contribution in [3.63, 3.8) is 0 Å². The Morgan fingerprint density at radius 3 is 3.15 bits per heavy atom. The highest BCUT2D eigenvalue weighted by Gasteiger charge is 2.21. The number of hydrogen-bond donors (Lipinski definition) is 0. The van der Waals surface area contributed by atoms with Gasteiger partial charge in [-0.2, -0.15) is 0 Å². The van der Waals surface area contributed by atoms with Crippen LogP contribution in [0, 0.1) is 0 Å². The van der Waals surface area contributed by atoms with E-state index in [0.29, 0.717) is 0 Å². The monoisotopic (exact) mass is 189 g/mol. The number of benzene rings is 1. The molecule has 3 heteroatoms. The minimum Gasteiger partial charge on any atom is -0.460 e. The van der Waals surface area contributed by atoms with Crippen molar-refractivity contribution in [1.82, 2.24) is 0 Å². The zero-order valence-corrected chi connectivity index (χ0v) is 7.62. The normalized spacial score (nSPS) is 17.5. The molecule has 2 nitrogen and oxygen atoms in total. The van der Waals surface area contributed by atoms with Crippen LogP contribution in [0.15, 0.2) is 47.2 Å². The smallest absolute Gasteiger partial charge is 0.150 e. The van der Waals surface area contributed by atoms with E-state index in [1.165, 1.54) is 0 Å². The number of para-hydroxylation sites is 2. The molecule has 2 heterocycles. The summed E-state index contributed by atoms with van der Waals surface area (Å²) < 4.78 is 5.47. The second-order valence-corrected chi connectivity index (χ2v) is 3.74. The Morgan fingerprint density at radius 2 is 2.15 bits per heavy atom. The lowest BCUT2D eigenvalue weighted by molar-refractivity contribution is 0.471. The molecule has 0 unspecified atom stereocenters. The third-order valence-electron chi connectivity index (χ3n) is 2.05. The van der Waals surface area contributed by atoms with Crippen LogP contribution in [0.5, 0.6) is 5.75 Å². The first-order chi connectivity index (χ1) is 6.45. The molecule has 0 bridgehead atoms. The van der Waals surface area contributed by atoms with Crippen molar-refractivity contribution >= 4 is 17.4 Å². The molecule has 0 fully saturated rings. The van der Waals surface area contributed by atoms with Crippen LogP contribution in [0.2, 0.25) is 0 Å². The van der Waals surface area contributed by atoms with E-state index in [1.807, 2.05) is 18.2 Å². The summed E-state index contributed by atoms with van der Waals surface area (Å²) in [7, 11) is 0. The molecule has 0 aliphatic carbocycles. The number of nitrogens with zero attached hydrogens (tertiary/aromatic N) is 1. The van der Waals surface area contributed by atoms with Crippen molar-refractivity contribution in [1.29, 1.82) is 0 Å². The van der Waals surface area contributed by atoms with Gasteiger partial charge in [0.2, 0.25) is 0 Å². The Kier molecular flexibility index (Phi) is 1.40. The Morgan fingerprint density at radius 1 is 1.23 bits per heavy atom. The zero-order valence-electron chi connectivity index (χ0n) is 6.81. The van der Waals surface area contributed by atoms with Gasteiger partial charge in [-0.15, -0.1) is 0 Å². The molecule has 2 aliphatic rings. The number of anilines is 1. The fourth-order valence-corrected chi connectivity index (χ4v) is 2.14. The van der Waals surface area contributed by atoms with E-state index in [9.17, 15) is 0 Å². The second kappa shape index (κ2) is 2.57. The van der Waals surface area contributed by atoms with E-state index in [4.69, 9.17) is 4.74 Å². The lowest BCUT2D eigenvalue weighted by Gasteiger charge is -2.24. The lowest BCUT2D eigenvalue weighted by Crippen LogP contribution is -2.14. The third kappa shape index (κ3) is 0.971. The van der Waals surface area contributed by atoms with Crippen LogP contribution in [0.1, 0.15) is 0 Å². The topological polar surface area (TPSA) is 12.5 Å². The Hall–Kier alpha value is -1.35. The van der Waals surface area contributed by atoms with E-state index in [-0.39, 0.29) is 0 Å². The van der Waals surface area contributed by atoms with Gasteiger partial charge >= 0.3 is 0 Å². The van der Waals surface area contributed by atoms with Crippen molar-refractivity contribution in [2.24, 2.45) is 0 Å². The largest absolute Gasteiger partial charge is 0.460 e. The van der Waals surface area contributed by atoms with Crippen molar-refractivity contribution in [2.45, 2.75) is 0 Å². The molecule has 3 rings (SSSR count). The number of thioether (sulfide) groups is 1. The average Bonchev–Trinajstić information content (AvgIpc) is 2.65. The maximum Gasteiger partial charge on any atom is 0.150 e. The molecule has 0 spiro atoms. The predicted octanol–water partition coefficient (Wildman–Crippen LogP) is 2.90. The first kappa shape index (κ1) is 7.09. The first-order valence-corrected chi connectivity index (χ1v) is 4.91. The third-order valence-corrected chi connectivity index (χ3v) is 2.84. The molecule has 0 N–H and O–H groups in total. The maximum atomic E-state index is 5.47. The molecule has 0 amide bonds. The number of hydrogen-bond acceptors (Lipinski definition) is 3. The van der Waals surface area contributed by atoms with E-state index in [0.717, 1.165) is 16.5 Å². The van der Waals surface area contributed by atoms with Gasteiger partial charge in [0.05, 0.1) is 5.69 Å². The molecule has 0 aromatic heterocycles. The first-order valence-electron chi connectivity index (χ1n) is 4.03. The van der Waals surface area contributed by atoms with Gasteiger partial charge in [0.15, 0.2) is 5.75 Å². The summed E-state index contributed by atoms with van der Waals surface area (Å²) in [6, 6.07) is 8.02.